The molecule has 0 saturated heterocycles. The van der Waals surface area contributed by atoms with Gasteiger partial charge in [-0.25, -0.2) is 4.79 Å². The molecule has 0 fully saturated rings. The number of aromatic nitrogens is 3. The molecule has 2 aromatic rings. The third-order valence-corrected chi connectivity index (χ3v) is 2.78. The summed E-state index contributed by atoms with van der Waals surface area (Å²) in [4.78, 5) is 16.5. The van der Waals surface area contributed by atoms with Gasteiger partial charge in [0.2, 0.25) is 5.69 Å². The number of nitrogens with one attached hydrogen (secondary N) is 1. The molecule has 0 aliphatic carbocycles. The van der Waals surface area contributed by atoms with E-state index in [2.05, 4.69) is 15.3 Å². The van der Waals surface area contributed by atoms with Gasteiger partial charge in [0, 0.05) is 17.7 Å². The fourth-order valence-electron chi connectivity index (χ4n) is 1.68. The van der Waals surface area contributed by atoms with Crippen molar-refractivity contribution in [1.29, 1.82) is 0 Å². The lowest BCUT2D eigenvalue weighted by Crippen LogP contribution is -2.43. The molecule has 0 atom stereocenters. The minimum absolute atomic E-state index is 0.0615. The van der Waals surface area contributed by atoms with E-state index >= 15 is 0 Å². The van der Waals surface area contributed by atoms with Gasteiger partial charge in [-0.2, -0.15) is 4.68 Å². The van der Waals surface area contributed by atoms with Crippen LogP contribution in [-0.4, -0.2) is 29.2 Å². The minimum Gasteiger partial charge on any atom is -0.856 e. The van der Waals surface area contributed by atoms with Crippen molar-refractivity contribution < 1.29 is 9.79 Å². The van der Waals surface area contributed by atoms with Gasteiger partial charge in [-0.15, -0.1) is 0 Å². The summed E-state index contributed by atoms with van der Waals surface area (Å²) in [6.45, 7) is 1.99. The maximum absolute atomic E-state index is 12.0. The van der Waals surface area contributed by atoms with E-state index < -0.39 is 11.5 Å². The van der Waals surface area contributed by atoms with Crippen molar-refractivity contribution in [1.82, 2.24) is 10.0 Å². The molecule has 1 aromatic heterocycles. The molecule has 2 rings (SSSR count). The summed E-state index contributed by atoms with van der Waals surface area (Å²) < 4.78 is 1.30. The molecule has 7 heteroatoms. The largest absolute Gasteiger partial charge is 0.856 e. The van der Waals surface area contributed by atoms with Crippen molar-refractivity contribution in [3.05, 3.63) is 51.4 Å². The van der Waals surface area contributed by atoms with Crippen molar-refractivity contribution in [2.75, 3.05) is 7.05 Å². The first-order chi connectivity index (χ1) is 9.52. The maximum Gasteiger partial charge on any atom is 0.427 e. The highest BCUT2D eigenvalue weighted by molar-refractivity contribution is 5.86. The van der Waals surface area contributed by atoms with Gasteiger partial charge < -0.3 is 5.11 Å². The van der Waals surface area contributed by atoms with Gasteiger partial charge in [0.25, 0.3) is 0 Å². The van der Waals surface area contributed by atoms with Crippen LogP contribution in [0.25, 0.3) is 0 Å². The van der Waals surface area contributed by atoms with Crippen molar-refractivity contribution in [2.24, 2.45) is 17.1 Å². The molecular formula is C13H15N5O2. The number of rotatable bonds is 3. The Morgan fingerprint density at radius 2 is 2.05 bits per heavy atom. The molecule has 0 saturated carbocycles. The average Bonchev–Trinajstić information content (AvgIpc) is 2.72. The Labute approximate surface area is 115 Å². The van der Waals surface area contributed by atoms with Gasteiger partial charge >= 0.3 is 5.56 Å². The van der Waals surface area contributed by atoms with E-state index in [9.17, 15) is 9.90 Å². The Morgan fingerprint density at radius 1 is 1.40 bits per heavy atom. The van der Waals surface area contributed by atoms with E-state index in [1.807, 2.05) is 31.2 Å². The smallest absolute Gasteiger partial charge is 0.427 e. The lowest BCUT2D eigenvalue weighted by molar-refractivity contribution is -0.735. The van der Waals surface area contributed by atoms with E-state index in [0.717, 1.165) is 15.9 Å². The van der Waals surface area contributed by atoms with Crippen LogP contribution in [0, 0.1) is 6.92 Å². The van der Waals surface area contributed by atoms with Gasteiger partial charge in [0.05, 0.1) is 6.21 Å². The summed E-state index contributed by atoms with van der Waals surface area (Å²) in [7, 11) is 2.90. The molecule has 0 amide bonds. The Kier molecular flexibility index (Phi) is 3.79. The van der Waals surface area contributed by atoms with Crippen LogP contribution in [0.1, 0.15) is 16.8 Å². The maximum atomic E-state index is 12.0. The highest BCUT2D eigenvalue weighted by atomic mass is 16.3. The number of aromatic amines is 1. The number of aryl methyl sites for hydroxylation is 2. The standard InChI is InChI=1S/C13H15N5O2/c1-9-4-6-10(7-5-9)8-15-18-13(20)11(12(19)14-2)17(3)16-18/h4-8H,1-3H3,(H-,14,16,19,20)/b15-8+. The number of benzene rings is 1. The Balaban J connectivity index is 2.36. The van der Waals surface area contributed by atoms with Crippen LogP contribution >= 0.6 is 0 Å². The van der Waals surface area contributed by atoms with Crippen LogP contribution in [-0.2, 0) is 7.05 Å². The molecule has 0 aliphatic heterocycles. The SMILES string of the molecule is CN=C([O-])c1c(=O)n(/N=C/c2ccc(C)cc2)[nH][n+]1C. The molecule has 104 valence electrons. The second-order valence-electron chi connectivity index (χ2n) is 4.31. The van der Waals surface area contributed by atoms with Crippen LogP contribution in [0.2, 0.25) is 0 Å². The lowest BCUT2D eigenvalue weighted by Gasteiger charge is -2.01. The zero-order chi connectivity index (χ0) is 14.7. The second-order valence-corrected chi connectivity index (χ2v) is 4.31. The Bertz CT molecular complexity index is 722. The molecule has 1 heterocycles. The first kappa shape index (κ1) is 13.7. The average molecular weight is 273 g/mol. The normalized spacial score (nSPS) is 12.2. The van der Waals surface area contributed by atoms with E-state index in [-0.39, 0.29) is 5.69 Å². The number of aliphatic imine (C=N–C) groups is 1. The summed E-state index contributed by atoms with van der Waals surface area (Å²) in [6.07, 6.45) is 1.54. The highest BCUT2D eigenvalue weighted by Crippen LogP contribution is 2.00. The van der Waals surface area contributed by atoms with Crippen molar-refractivity contribution in [2.45, 2.75) is 6.92 Å². The highest BCUT2D eigenvalue weighted by Gasteiger charge is 2.18. The van der Waals surface area contributed by atoms with Crippen LogP contribution in [0.4, 0.5) is 0 Å². The van der Waals surface area contributed by atoms with Crippen molar-refractivity contribution in [3.8, 4) is 0 Å². The van der Waals surface area contributed by atoms with Gasteiger partial charge in [0.1, 0.15) is 7.05 Å². The van der Waals surface area contributed by atoms with Crippen molar-refractivity contribution in [3.63, 3.8) is 0 Å². The fraction of sp³-hybridized carbons (Fsp3) is 0.231. The molecule has 1 aromatic carbocycles. The molecule has 0 spiro atoms. The van der Waals surface area contributed by atoms with Gasteiger partial charge in [-0.05, 0) is 12.5 Å². The van der Waals surface area contributed by atoms with Gasteiger partial charge in [0.15, 0.2) is 0 Å². The Hall–Kier alpha value is -2.70. The number of hydrogen-bond acceptors (Lipinski definition) is 4. The third-order valence-electron chi connectivity index (χ3n) is 2.78. The van der Waals surface area contributed by atoms with Crippen LogP contribution in [0.3, 0.4) is 0 Å². The molecule has 0 radical (unpaired) electrons. The molecule has 0 aliphatic rings. The number of hydrogen-bond donors (Lipinski definition) is 1. The Morgan fingerprint density at radius 3 is 2.65 bits per heavy atom. The van der Waals surface area contributed by atoms with E-state index in [1.54, 1.807) is 7.05 Å². The molecule has 7 nitrogen and oxygen atoms in total. The number of H-pyrrole nitrogens is 1. The first-order valence-corrected chi connectivity index (χ1v) is 5.99. The molecule has 20 heavy (non-hydrogen) atoms. The quantitative estimate of drug-likeness (QED) is 0.438. The minimum atomic E-state index is -0.585. The van der Waals surface area contributed by atoms with E-state index in [4.69, 9.17) is 0 Å². The second kappa shape index (κ2) is 5.52. The summed E-state index contributed by atoms with van der Waals surface area (Å²) in [5, 5.41) is 18.2. The summed E-state index contributed by atoms with van der Waals surface area (Å²) in [6, 6.07) is 7.67. The monoisotopic (exact) mass is 273 g/mol. The summed E-state index contributed by atoms with van der Waals surface area (Å²) in [5.41, 5.74) is 1.40. The number of nitrogens with zero attached hydrogens (tertiary/aromatic N) is 4. The van der Waals surface area contributed by atoms with Crippen LogP contribution in [0.5, 0.6) is 0 Å². The predicted octanol–water partition coefficient (Wildman–Crippen LogP) is -1.07. The molecule has 0 unspecified atom stereocenters. The van der Waals surface area contributed by atoms with E-state index in [1.165, 1.54) is 17.9 Å². The molecular weight excluding hydrogens is 258 g/mol. The third kappa shape index (κ3) is 2.66. The fourth-order valence-corrected chi connectivity index (χ4v) is 1.68. The first-order valence-electron chi connectivity index (χ1n) is 5.99. The zero-order valence-corrected chi connectivity index (χ0v) is 11.5. The van der Waals surface area contributed by atoms with E-state index in [0.29, 0.717) is 0 Å². The van der Waals surface area contributed by atoms with Crippen LogP contribution in [0.15, 0.2) is 39.2 Å². The predicted molar refractivity (Wildman–Crippen MR) is 72.9 cm³/mol. The van der Waals surface area contributed by atoms with Gasteiger partial charge in [-0.1, -0.05) is 40.1 Å². The van der Waals surface area contributed by atoms with Crippen LogP contribution < -0.4 is 15.3 Å². The summed E-state index contributed by atoms with van der Waals surface area (Å²) in [5.74, 6) is -0.585. The van der Waals surface area contributed by atoms with Gasteiger partial charge in [-0.3, -0.25) is 4.99 Å². The molecule has 0 bridgehead atoms. The lowest BCUT2D eigenvalue weighted by atomic mass is 10.2. The summed E-state index contributed by atoms with van der Waals surface area (Å²) >= 11 is 0. The van der Waals surface area contributed by atoms with Crippen molar-refractivity contribution >= 4 is 12.1 Å². The topological polar surface area (TPSA) is 89.4 Å². The molecule has 1 N–H and O–H groups in total. The zero-order valence-electron chi connectivity index (χ0n) is 11.5.